The maximum absolute atomic E-state index is 13.0. The summed E-state index contributed by atoms with van der Waals surface area (Å²) in [5.74, 6) is 0.825. The van der Waals surface area contributed by atoms with E-state index in [1.165, 1.54) is 5.56 Å². The van der Waals surface area contributed by atoms with Crippen LogP contribution in [-0.4, -0.2) is 169 Å². The van der Waals surface area contributed by atoms with Gasteiger partial charge in [0.05, 0.1) is 130 Å². The zero-order valence-corrected chi connectivity index (χ0v) is 35.1. The van der Waals surface area contributed by atoms with Crippen LogP contribution in [0.1, 0.15) is 23.1 Å². The minimum atomic E-state index is 0.0190. The number of nitrogen functional groups attached to an aromatic ring is 1. The van der Waals surface area contributed by atoms with Crippen LogP contribution in [0, 0.1) is 0 Å². The van der Waals surface area contributed by atoms with Crippen LogP contribution < -0.4 is 16.4 Å². The number of fused-ring (bicyclic) bond motifs is 2. The monoisotopic (exact) mass is 838 g/mol. The zero-order chi connectivity index (χ0) is 42.4. The molecule has 0 unspecified atom stereocenters. The largest absolute Gasteiger partial charge is 0.506 e. The molecule has 0 bridgehead atoms. The number of rotatable bonds is 30. The molecule has 18 nitrogen and oxygen atoms in total. The van der Waals surface area contributed by atoms with Crippen LogP contribution in [0.15, 0.2) is 42.7 Å². The van der Waals surface area contributed by atoms with Gasteiger partial charge < -0.3 is 64.3 Å². The molecule has 5 N–H and O–H groups in total. The number of ether oxygens (including phenoxy) is 8. The van der Waals surface area contributed by atoms with Gasteiger partial charge in [0, 0.05) is 39.3 Å². The van der Waals surface area contributed by atoms with Crippen molar-refractivity contribution in [3.05, 3.63) is 59.4 Å². The van der Waals surface area contributed by atoms with E-state index in [4.69, 9.17) is 54.5 Å². The Kier molecular flexibility index (Phi) is 20.2. The highest BCUT2D eigenvalue weighted by atomic mass is 16.6. The van der Waals surface area contributed by atoms with Crippen molar-refractivity contribution in [1.29, 1.82) is 0 Å². The number of phenols is 1. The fourth-order valence-electron chi connectivity index (χ4n) is 6.48. The second-order valence-electron chi connectivity index (χ2n) is 14.2. The van der Waals surface area contributed by atoms with Crippen molar-refractivity contribution in [2.45, 2.75) is 25.9 Å². The van der Waals surface area contributed by atoms with E-state index in [1.807, 2.05) is 28.6 Å². The van der Waals surface area contributed by atoms with Gasteiger partial charge in [-0.3, -0.25) is 4.79 Å². The third-order valence-corrected chi connectivity index (χ3v) is 9.53. The summed E-state index contributed by atoms with van der Waals surface area (Å²) < 4.78 is 45.7. The summed E-state index contributed by atoms with van der Waals surface area (Å²) in [4.78, 5) is 26.0. The van der Waals surface area contributed by atoms with Gasteiger partial charge in [-0.1, -0.05) is 18.2 Å². The van der Waals surface area contributed by atoms with E-state index in [0.29, 0.717) is 150 Å². The highest BCUT2D eigenvalue weighted by Gasteiger charge is 2.23. The number of benzene rings is 2. The lowest BCUT2D eigenvalue weighted by Crippen LogP contribution is -2.36. The number of nitrogens with two attached hydrogens (primary N) is 2. The van der Waals surface area contributed by atoms with Crippen LogP contribution in [0.4, 0.5) is 11.5 Å². The van der Waals surface area contributed by atoms with E-state index in [0.717, 1.165) is 34.3 Å². The first-order valence-electron chi connectivity index (χ1n) is 20.5. The van der Waals surface area contributed by atoms with Crippen LogP contribution in [-0.2, 0) is 62.2 Å². The SMILES string of the molecule is CN(C)c1ncnc2c1c(-c1ccc(O)c(N)c1)nn2Cc1ccc2c(c1)CCN(C(=O)CCOCCOCCOCCOCCOCCOCCOCCOCCN)C2. The Labute approximate surface area is 351 Å². The Balaban J connectivity index is 0.898. The molecular weight excluding hydrogens is 777 g/mol. The molecule has 4 aromatic rings. The number of nitrogens with zero attached hydrogens (tertiary/aromatic N) is 6. The van der Waals surface area contributed by atoms with Gasteiger partial charge in [-0.15, -0.1) is 0 Å². The van der Waals surface area contributed by atoms with Gasteiger partial charge in [-0.05, 0) is 41.3 Å². The summed E-state index contributed by atoms with van der Waals surface area (Å²) in [5.41, 5.74) is 17.2. The standard InChI is InChI=1S/C42H62N8O10/c1-48(2)41-39-40(34-5-6-37(51)36(44)28-34)47-50(42(39)46-31-45-41)29-32-3-4-35-30-49(10-7-33(35)27-32)38(52)8-11-53-13-15-55-17-19-57-21-23-59-25-26-60-24-22-58-20-18-56-16-14-54-12-9-43/h3-6,27-28,31,51H,7-26,29-30,43-44H2,1-2H3. The molecule has 330 valence electrons. The molecule has 18 heteroatoms. The fourth-order valence-corrected chi connectivity index (χ4v) is 6.48. The Morgan fingerprint density at radius 3 is 1.85 bits per heavy atom. The third kappa shape index (κ3) is 14.9. The average molecular weight is 839 g/mol. The number of anilines is 2. The second-order valence-corrected chi connectivity index (χ2v) is 14.2. The smallest absolute Gasteiger partial charge is 0.225 e. The molecule has 0 fully saturated rings. The maximum atomic E-state index is 13.0. The number of aromatic nitrogens is 4. The number of hydrogen-bond donors (Lipinski definition) is 3. The predicted octanol–water partition coefficient (Wildman–Crippen LogP) is 2.26. The summed E-state index contributed by atoms with van der Waals surface area (Å²) in [6, 6.07) is 11.4. The summed E-state index contributed by atoms with van der Waals surface area (Å²) in [6.45, 7) is 9.89. The molecule has 5 rings (SSSR count). The van der Waals surface area contributed by atoms with E-state index < -0.39 is 0 Å². The van der Waals surface area contributed by atoms with Gasteiger partial charge in [0.15, 0.2) is 5.65 Å². The Morgan fingerprint density at radius 1 is 0.733 bits per heavy atom. The molecule has 0 aliphatic carbocycles. The summed E-state index contributed by atoms with van der Waals surface area (Å²) >= 11 is 0. The number of amides is 1. The predicted molar refractivity (Wildman–Crippen MR) is 226 cm³/mol. The molecule has 0 radical (unpaired) electrons. The number of carbonyl (C=O) groups excluding carboxylic acids is 1. The Morgan fingerprint density at radius 2 is 1.30 bits per heavy atom. The highest BCUT2D eigenvalue weighted by molar-refractivity contribution is 5.99. The molecular formula is C42H62N8O10. The fraction of sp³-hybridized carbons (Fsp3) is 0.571. The topological polar surface area (TPSA) is 213 Å². The number of phenolic OH excluding ortho intramolecular Hbond substituents is 1. The van der Waals surface area contributed by atoms with E-state index in [1.54, 1.807) is 24.5 Å². The average Bonchev–Trinajstić information content (AvgIpc) is 3.62. The first-order chi connectivity index (χ1) is 29.4. The molecule has 0 saturated heterocycles. The van der Waals surface area contributed by atoms with Gasteiger partial charge in [0.1, 0.15) is 23.6 Å². The number of hydrogen-bond acceptors (Lipinski definition) is 16. The molecule has 1 aliphatic rings. The van der Waals surface area contributed by atoms with Crippen LogP contribution in [0.3, 0.4) is 0 Å². The van der Waals surface area contributed by atoms with Crippen LogP contribution in [0.2, 0.25) is 0 Å². The molecule has 1 aliphatic heterocycles. The lowest BCUT2D eigenvalue weighted by Gasteiger charge is -2.29. The molecule has 2 aromatic carbocycles. The van der Waals surface area contributed by atoms with Crippen molar-refractivity contribution >= 4 is 28.4 Å². The summed E-state index contributed by atoms with van der Waals surface area (Å²) in [6.07, 6.45) is 2.62. The third-order valence-electron chi connectivity index (χ3n) is 9.53. The van der Waals surface area contributed by atoms with E-state index in [9.17, 15) is 9.90 Å². The van der Waals surface area contributed by atoms with Gasteiger partial charge >= 0.3 is 0 Å². The van der Waals surface area contributed by atoms with E-state index in [2.05, 4.69) is 28.2 Å². The molecule has 3 heterocycles. The van der Waals surface area contributed by atoms with Crippen LogP contribution >= 0.6 is 0 Å². The van der Waals surface area contributed by atoms with Gasteiger partial charge in [0.25, 0.3) is 0 Å². The highest BCUT2D eigenvalue weighted by Crippen LogP contribution is 2.35. The number of carbonyl (C=O) groups is 1. The van der Waals surface area contributed by atoms with Crippen molar-refractivity contribution in [3.8, 4) is 17.0 Å². The summed E-state index contributed by atoms with van der Waals surface area (Å²) in [7, 11) is 3.85. The molecule has 1 amide bonds. The van der Waals surface area contributed by atoms with Crippen molar-refractivity contribution in [3.63, 3.8) is 0 Å². The quantitative estimate of drug-likeness (QED) is 0.0390. The second kappa shape index (κ2) is 26.0. The zero-order valence-electron chi connectivity index (χ0n) is 35.1. The van der Waals surface area contributed by atoms with Crippen molar-refractivity contribution in [2.24, 2.45) is 5.73 Å². The first kappa shape index (κ1) is 46.6. The summed E-state index contributed by atoms with van der Waals surface area (Å²) in [5, 5.41) is 15.8. The molecule has 0 spiro atoms. The molecule has 0 atom stereocenters. The van der Waals surface area contributed by atoms with Crippen molar-refractivity contribution in [2.75, 3.05) is 144 Å². The number of aromatic hydroxyl groups is 1. The maximum Gasteiger partial charge on any atom is 0.225 e. The normalized spacial score (nSPS) is 12.7. The van der Waals surface area contributed by atoms with Gasteiger partial charge in [-0.25, -0.2) is 14.6 Å². The minimum Gasteiger partial charge on any atom is -0.506 e. The van der Waals surface area contributed by atoms with Gasteiger partial charge in [-0.2, -0.15) is 5.10 Å². The molecule has 60 heavy (non-hydrogen) atoms. The minimum absolute atomic E-state index is 0.0190. The van der Waals surface area contributed by atoms with Crippen molar-refractivity contribution in [1.82, 2.24) is 24.6 Å². The molecule has 0 saturated carbocycles. The van der Waals surface area contributed by atoms with E-state index in [-0.39, 0.29) is 17.3 Å². The van der Waals surface area contributed by atoms with Crippen molar-refractivity contribution < 1.29 is 47.8 Å². The Bertz CT molecular complexity index is 1880. The molecule has 2 aromatic heterocycles. The van der Waals surface area contributed by atoms with E-state index >= 15 is 0 Å². The van der Waals surface area contributed by atoms with Crippen LogP contribution in [0.5, 0.6) is 5.75 Å². The first-order valence-corrected chi connectivity index (χ1v) is 20.5. The Hall–Kier alpha value is -4.50. The lowest BCUT2D eigenvalue weighted by atomic mass is 9.97. The van der Waals surface area contributed by atoms with Gasteiger partial charge in [0.2, 0.25) is 5.91 Å². The lowest BCUT2D eigenvalue weighted by molar-refractivity contribution is -0.133. The van der Waals surface area contributed by atoms with Crippen LogP contribution in [0.25, 0.3) is 22.3 Å².